The monoisotopic (exact) mass is 293 g/mol. The van der Waals surface area contributed by atoms with Crippen molar-refractivity contribution in [3.8, 4) is 0 Å². The number of benzene rings is 1. The summed E-state index contributed by atoms with van der Waals surface area (Å²) in [7, 11) is 0. The van der Waals surface area contributed by atoms with Gasteiger partial charge in [0.15, 0.2) is 0 Å². The van der Waals surface area contributed by atoms with Crippen molar-refractivity contribution in [2.75, 3.05) is 11.9 Å². The van der Waals surface area contributed by atoms with Gasteiger partial charge in [-0.3, -0.25) is 4.79 Å². The first-order chi connectivity index (χ1) is 9.31. The van der Waals surface area contributed by atoms with E-state index in [0.29, 0.717) is 17.5 Å². The number of anilines is 1. The third-order valence-corrected chi connectivity index (χ3v) is 3.17. The molecule has 0 spiro atoms. The molecule has 20 heavy (non-hydrogen) atoms. The molecule has 0 aromatic heterocycles. The van der Waals surface area contributed by atoms with Gasteiger partial charge in [0.05, 0.1) is 0 Å². The van der Waals surface area contributed by atoms with Crippen LogP contribution in [0.15, 0.2) is 18.2 Å². The molecule has 0 saturated carbocycles. The van der Waals surface area contributed by atoms with E-state index in [1.165, 1.54) is 0 Å². The lowest BCUT2D eigenvalue weighted by Gasteiger charge is -2.17. The summed E-state index contributed by atoms with van der Waals surface area (Å²) in [5.41, 5.74) is 8.37. The molecule has 1 rings (SSSR count). The minimum absolute atomic E-state index is 0.00484. The van der Waals surface area contributed by atoms with Gasteiger partial charge in [0.25, 0.3) is 0 Å². The van der Waals surface area contributed by atoms with Gasteiger partial charge in [-0.2, -0.15) is 0 Å². The van der Waals surface area contributed by atoms with Crippen LogP contribution in [0, 0.1) is 12.8 Å². The van der Waals surface area contributed by atoms with Crippen LogP contribution in [0.2, 0.25) is 0 Å². The van der Waals surface area contributed by atoms with Crippen molar-refractivity contribution in [2.45, 2.75) is 33.7 Å². The fourth-order valence-corrected chi connectivity index (χ4v) is 2.03. The summed E-state index contributed by atoms with van der Waals surface area (Å²) >= 11 is 4.97. The van der Waals surface area contributed by atoms with Crippen LogP contribution in [0.1, 0.15) is 31.9 Å². The molecule has 0 radical (unpaired) electrons. The largest absolute Gasteiger partial charge is 0.389 e. The van der Waals surface area contributed by atoms with Crippen LogP contribution in [-0.2, 0) is 4.79 Å². The summed E-state index contributed by atoms with van der Waals surface area (Å²) in [6.07, 6.45) is 0. The van der Waals surface area contributed by atoms with Gasteiger partial charge in [0.2, 0.25) is 5.91 Å². The van der Waals surface area contributed by atoms with E-state index in [1.807, 2.05) is 32.0 Å². The van der Waals surface area contributed by atoms with Crippen molar-refractivity contribution in [2.24, 2.45) is 11.7 Å². The number of carbonyl (C=O) groups excluding carboxylic acids is 1. The Morgan fingerprint density at radius 2 is 2.00 bits per heavy atom. The number of nitrogens with one attached hydrogen (secondary N) is 2. The highest BCUT2D eigenvalue weighted by atomic mass is 32.1. The molecular formula is C15H23N3OS. The van der Waals surface area contributed by atoms with E-state index >= 15 is 0 Å². The molecule has 1 aromatic carbocycles. The summed E-state index contributed by atoms with van der Waals surface area (Å²) in [4.78, 5) is 12.3. The Hall–Kier alpha value is -1.62. The number of nitrogens with two attached hydrogens (primary N) is 1. The highest BCUT2D eigenvalue weighted by Gasteiger charge is 2.13. The van der Waals surface area contributed by atoms with Crippen LogP contribution in [0.3, 0.4) is 0 Å². The first-order valence-corrected chi connectivity index (χ1v) is 7.16. The molecule has 1 aromatic rings. The summed E-state index contributed by atoms with van der Waals surface area (Å²) in [5, 5.41) is 6.08. The number of carbonyl (C=O) groups is 1. The Bertz CT molecular complexity index is 500. The highest BCUT2D eigenvalue weighted by molar-refractivity contribution is 7.80. The van der Waals surface area contributed by atoms with E-state index < -0.39 is 0 Å². The maximum atomic E-state index is 11.9. The number of rotatable bonds is 6. The van der Waals surface area contributed by atoms with Crippen molar-refractivity contribution < 1.29 is 4.79 Å². The fourth-order valence-electron chi connectivity index (χ4n) is 1.80. The zero-order valence-corrected chi connectivity index (χ0v) is 13.3. The number of hydrogen-bond acceptors (Lipinski definition) is 3. The predicted molar refractivity (Wildman–Crippen MR) is 88.0 cm³/mol. The molecular weight excluding hydrogens is 270 g/mol. The van der Waals surface area contributed by atoms with Crippen LogP contribution >= 0.6 is 12.2 Å². The molecule has 4 N–H and O–H groups in total. The highest BCUT2D eigenvalue weighted by Crippen LogP contribution is 2.16. The lowest BCUT2D eigenvalue weighted by atomic mass is 10.1. The lowest BCUT2D eigenvalue weighted by Crippen LogP contribution is -2.39. The van der Waals surface area contributed by atoms with E-state index in [1.54, 1.807) is 0 Å². The molecule has 1 amide bonds. The molecule has 0 heterocycles. The van der Waals surface area contributed by atoms with E-state index in [-0.39, 0.29) is 11.9 Å². The Labute approximate surface area is 126 Å². The first-order valence-electron chi connectivity index (χ1n) is 6.76. The molecule has 0 aliphatic carbocycles. The molecule has 110 valence electrons. The number of thiocarbonyl (C=S) groups is 1. The summed E-state index contributed by atoms with van der Waals surface area (Å²) in [5.74, 6) is 0.438. The standard InChI is InChI=1S/C15H23N3OS/c1-9(2)8-17-15(19)11(4)18-12-5-6-13(14(16)20)10(3)7-12/h5-7,9,11,18H,8H2,1-4H3,(H2,16,20)(H,17,19). The third-order valence-electron chi connectivity index (χ3n) is 2.95. The van der Waals surface area contributed by atoms with Crippen LogP contribution < -0.4 is 16.4 Å². The molecule has 0 bridgehead atoms. The minimum atomic E-state index is -0.288. The van der Waals surface area contributed by atoms with E-state index in [9.17, 15) is 4.79 Å². The molecule has 0 saturated heterocycles. The second kappa shape index (κ2) is 7.24. The number of hydrogen-bond donors (Lipinski definition) is 3. The first kappa shape index (κ1) is 16.4. The Kier molecular flexibility index (Phi) is 5.95. The average molecular weight is 293 g/mol. The van der Waals surface area contributed by atoms with Gasteiger partial charge in [0.1, 0.15) is 11.0 Å². The maximum Gasteiger partial charge on any atom is 0.242 e. The van der Waals surface area contributed by atoms with Gasteiger partial charge in [-0.25, -0.2) is 0 Å². The summed E-state index contributed by atoms with van der Waals surface area (Å²) in [6.45, 7) is 8.60. The van der Waals surface area contributed by atoms with Gasteiger partial charge in [0, 0.05) is 17.8 Å². The van der Waals surface area contributed by atoms with Crippen LogP contribution in [0.4, 0.5) is 5.69 Å². The Morgan fingerprint density at radius 3 is 2.50 bits per heavy atom. The van der Waals surface area contributed by atoms with Crippen molar-refractivity contribution >= 4 is 28.8 Å². The second-order valence-electron chi connectivity index (χ2n) is 5.40. The molecule has 1 unspecified atom stereocenters. The van der Waals surface area contributed by atoms with Crippen LogP contribution in [0.25, 0.3) is 0 Å². The van der Waals surface area contributed by atoms with Crippen molar-refractivity contribution in [3.05, 3.63) is 29.3 Å². The molecule has 1 atom stereocenters. The van der Waals surface area contributed by atoms with Gasteiger partial charge in [-0.15, -0.1) is 0 Å². The van der Waals surface area contributed by atoms with E-state index in [0.717, 1.165) is 16.8 Å². The van der Waals surface area contributed by atoms with Gasteiger partial charge in [-0.1, -0.05) is 26.1 Å². The second-order valence-corrected chi connectivity index (χ2v) is 5.84. The smallest absolute Gasteiger partial charge is 0.242 e. The van der Waals surface area contributed by atoms with Gasteiger partial charge in [-0.05, 0) is 43.5 Å². The normalized spacial score (nSPS) is 12.1. The molecule has 0 aliphatic heterocycles. The zero-order valence-electron chi connectivity index (χ0n) is 12.5. The Balaban J connectivity index is 2.66. The quantitative estimate of drug-likeness (QED) is 0.703. The maximum absolute atomic E-state index is 11.9. The number of aryl methyl sites for hydroxylation is 1. The topological polar surface area (TPSA) is 67.2 Å². The summed E-state index contributed by atoms with van der Waals surface area (Å²) in [6, 6.07) is 5.41. The molecule has 0 aliphatic rings. The molecule has 5 heteroatoms. The SMILES string of the molecule is Cc1cc(NC(C)C(=O)NCC(C)C)ccc1C(N)=S. The summed E-state index contributed by atoms with van der Waals surface area (Å²) < 4.78 is 0. The fraction of sp³-hybridized carbons (Fsp3) is 0.467. The van der Waals surface area contributed by atoms with Crippen molar-refractivity contribution in [1.29, 1.82) is 0 Å². The van der Waals surface area contributed by atoms with Crippen LogP contribution in [-0.4, -0.2) is 23.5 Å². The van der Waals surface area contributed by atoms with E-state index in [4.69, 9.17) is 18.0 Å². The molecule has 0 fully saturated rings. The van der Waals surface area contributed by atoms with Crippen LogP contribution in [0.5, 0.6) is 0 Å². The minimum Gasteiger partial charge on any atom is -0.389 e. The zero-order chi connectivity index (χ0) is 15.3. The van der Waals surface area contributed by atoms with E-state index in [2.05, 4.69) is 24.5 Å². The predicted octanol–water partition coefficient (Wildman–Crippen LogP) is 2.20. The Morgan fingerprint density at radius 1 is 1.35 bits per heavy atom. The lowest BCUT2D eigenvalue weighted by molar-refractivity contribution is -0.121. The average Bonchev–Trinajstić information content (AvgIpc) is 2.35. The number of amides is 1. The van der Waals surface area contributed by atoms with Gasteiger partial charge < -0.3 is 16.4 Å². The van der Waals surface area contributed by atoms with Crippen molar-refractivity contribution in [1.82, 2.24) is 5.32 Å². The van der Waals surface area contributed by atoms with Gasteiger partial charge >= 0.3 is 0 Å². The molecule has 4 nitrogen and oxygen atoms in total. The third kappa shape index (κ3) is 4.81. The van der Waals surface area contributed by atoms with Crippen molar-refractivity contribution in [3.63, 3.8) is 0 Å².